The highest BCUT2D eigenvalue weighted by atomic mass is 16.2. The molecule has 1 heterocycles. The summed E-state index contributed by atoms with van der Waals surface area (Å²) in [4.78, 5) is 15.9. The van der Waals surface area contributed by atoms with Gasteiger partial charge in [-0.1, -0.05) is 30.3 Å². The van der Waals surface area contributed by atoms with E-state index in [0.717, 1.165) is 25.1 Å². The van der Waals surface area contributed by atoms with Crippen molar-refractivity contribution in [1.29, 1.82) is 0 Å². The molecule has 0 aromatic heterocycles. The average Bonchev–Trinajstić information content (AvgIpc) is 2.91. The van der Waals surface area contributed by atoms with E-state index in [1.165, 1.54) is 16.8 Å². The standard InChI is InChI=1S/C18H20N2O/c1-19(2)18(21)16-9-7-14(8-10-16)13-20-12-11-15-5-3-4-6-17(15)20/h3-10H,11-13H2,1-2H3. The van der Waals surface area contributed by atoms with E-state index >= 15 is 0 Å². The van der Waals surface area contributed by atoms with Crippen LogP contribution in [0.2, 0.25) is 0 Å². The Labute approximate surface area is 125 Å². The minimum absolute atomic E-state index is 0.0491. The lowest BCUT2D eigenvalue weighted by molar-refractivity contribution is 0.0827. The molecule has 108 valence electrons. The number of nitrogens with zero attached hydrogens (tertiary/aromatic N) is 2. The molecule has 3 heteroatoms. The highest BCUT2D eigenvalue weighted by Crippen LogP contribution is 2.28. The first-order valence-corrected chi connectivity index (χ1v) is 7.28. The van der Waals surface area contributed by atoms with Gasteiger partial charge >= 0.3 is 0 Å². The number of para-hydroxylation sites is 1. The first-order chi connectivity index (χ1) is 10.1. The molecule has 0 bridgehead atoms. The maximum atomic E-state index is 11.9. The molecule has 0 radical (unpaired) electrons. The molecular formula is C18H20N2O. The third-order valence-corrected chi connectivity index (χ3v) is 3.96. The van der Waals surface area contributed by atoms with Crippen molar-refractivity contribution >= 4 is 11.6 Å². The van der Waals surface area contributed by atoms with Gasteiger partial charge in [-0.25, -0.2) is 0 Å². The molecule has 1 amide bonds. The molecule has 3 nitrogen and oxygen atoms in total. The summed E-state index contributed by atoms with van der Waals surface area (Å²) in [6.45, 7) is 1.96. The fourth-order valence-electron chi connectivity index (χ4n) is 2.80. The van der Waals surface area contributed by atoms with Crippen LogP contribution in [0.4, 0.5) is 5.69 Å². The number of anilines is 1. The van der Waals surface area contributed by atoms with Gasteiger partial charge in [0.25, 0.3) is 5.91 Å². The Morgan fingerprint density at radius 3 is 2.52 bits per heavy atom. The zero-order chi connectivity index (χ0) is 14.8. The van der Waals surface area contributed by atoms with Gasteiger partial charge in [0, 0.05) is 38.4 Å². The molecule has 0 atom stereocenters. The Kier molecular flexibility index (Phi) is 3.65. The SMILES string of the molecule is CN(C)C(=O)c1ccc(CN2CCc3ccccc32)cc1. The summed E-state index contributed by atoms with van der Waals surface area (Å²) in [7, 11) is 3.55. The molecule has 3 rings (SSSR count). The fourth-order valence-corrected chi connectivity index (χ4v) is 2.80. The van der Waals surface area contributed by atoms with Crippen molar-refractivity contribution in [2.45, 2.75) is 13.0 Å². The lowest BCUT2D eigenvalue weighted by atomic mass is 10.1. The van der Waals surface area contributed by atoms with Crippen molar-refractivity contribution < 1.29 is 4.79 Å². The van der Waals surface area contributed by atoms with E-state index in [4.69, 9.17) is 0 Å². The van der Waals surface area contributed by atoms with Crippen molar-refractivity contribution in [3.8, 4) is 0 Å². The molecule has 1 aliphatic heterocycles. The Hall–Kier alpha value is -2.29. The van der Waals surface area contributed by atoms with E-state index in [1.54, 1.807) is 19.0 Å². The molecule has 0 spiro atoms. The van der Waals surface area contributed by atoms with Gasteiger partial charge in [0.05, 0.1) is 0 Å². The minimum Gasteiger partial charge on any atom is -0.367 e. The van der Waals surface area contributed by atoms with Crippen LogP contribution in [0, 0.1) is 0 Å². The van der Waals surface area contributed by atoms with Gasteiger partial charge in [0.15, 0.2) is 0 Å². The number of benzene rings is 2. The van der Waals surface area contributed by atoms with E-state index in [2.05, 4.69) is 41.3 Å². The third-order valence-electron chi connectivity index (χ3n) is 3.96. The monoisotopic (exact) mass is 280 g/mol. The summed E-state index contributed by atoms with van der Waals surface area (Å²) >= 11 is 0. The van der Waals surface area contributed by atoms with Crippen LogP contribution < -0.4 is 4.90 Å². The van der Waals surface area contributed by atoms with Gasteiger partial charge in [-0.05, 0) is 35.7 Å². The summed E-state index contributed by atoms with van der Waals surface area (Å²) < 4.78 is 0. The molecule has 0 aliphatic carbocycles. The minimum atomic E-state index is 0.0491. The smallest absolute Gasteiger partial charge is 0.253 e. The summed E-state index contributed by atoms with van der Waals surface area (Å²) in [6, 6.07) is 16.5. The lowest BCUT2D eigenvalue weighted by Crippen LogP contribution is -2.22. The van der Waals surface area contributed by atoms with Gasteiger partial charge in [-0.3, -0.25) is 4.79 Å². The van der Waals surface area contributed by atoms with Crippen molar-refractivity contribution in [3.63, 3.8) is 0 Å². The molecule has 0 unspecified atom stereocenters. The van der Waals surface area contributed by atoms with Crippen LogP contribution in [0.15, 0.2) is 48.5 Å². The second kappa shape index (κ2) is 5.60. The first kappa shape index (κ1) is 13.7. The number of hydrogen-bond donors (Lipinski definition) is 0. The normalized spacial score (nSPS) is 13.1. The summed E-state index contributed by atoms with van der Waals surface area (Å²) in [5, 5.41) is 0. The second-order valence-corrected chi connectivity index (χ2v) is 5.70. The zero-order valence-electron chi connectivity index (χ0n) is 12.5. The number of fused-ring (bicyclic) bond motifs is 1. The molecule has 0 N–H and O–H groups in total. The predicted octanol–water partition coefficient (Wildman–Crippen LogP) is 2.95. The van der Waals surface area contributed by atoms with Gasteiger partial charge in [-0.15, -0.1) is 0 Å². The van der Waals surface area contributed by atoms with Crippen molar-refractivity contribution in [2.24, 2.45) is 0 Å². The second-order valence-electron chi connectivity index (χ2n) is 5.70. The van der Waals surface area contributed by atoms with Crippen molar-refractivity contribution in [2.75, 3.05) is 25.5 Å². The Bertz CT molecular complexity index is 647. The molecule has 0 saturated carbocycles. The molecule has 0 fully saturated rings. The number of amides is 1. The number of hydrogen-bond acceptors (Lipinski definition) is 2. The molecule has 1 aliphatic rings. The van der Waals surface area contributed by atoms with Gasteiger partial charge in [0.2, 0.25) is 0 Å². The van der Waals surface area contributed by atoms with Crippen LogP contribution in [0.3, 0.4) is 0 Å². The summed E-state index contributed by atoms with van der Waals surface area (Å²) in [5.41, 5.74) is 4.75. The lowest BCUT2D eigenvalue weighted by Gasteiger charge is -2.19. The molecule has 2 aromatic rings. The quantitative estimate of drug-likeness (QED) is 0.863. The van der Waals surface area contributed by atoms with Crippen LogP contribution in [0.25, 0.3) is 0 Å². The van der Waals surface area contributed by atoms with Crippen molar-refractivity contribution in [3.05, 3.63) is 65.2 Å². The Morgan fingerprint density at radius 1 is 1.10 bits per heavy atom. The van der Waals surface area contributed by atoms with Gasteiger partial charge in [0.1, 0.15) is 0 Å². The van der Waals surface area contributed by atoms with Crippen LogP contribution in [0.1, 0.15) is 21.5 Å². The highest BCUT2D eigenvalue weighted by molar-refractivity contribution is 5.93. The molecule has 2 aromatic carbocycles. The van der Waals surface area contributed by atoms with Crippen molar-refractivity contribution in [1.82, 2.24) is 4.90 Å². The average molecular weight is 280 g/mol. The summed E-state index contributed by atoms with van der Waals surface area (Å²) in [5.74, 6) is 0.0491. The predicted molar refractivity (Wildman–Crippen MR) is 85.7 cm³/mol. The Balaban J connectivity index is 1.74. The maximum absolute atomic E-state index is 11.9. The van der Waals surface area contributed by atoms with Crippen LogP contribution in [0.5, 0.6) is 0 Å². The Morgan fingerprint density at radius 2 is 1.81 bits per heavy atom. The maximum Gasteiger partial charge on any atom is 0.253 e. The molecular weight excluding hydrogens is 260 g/mol. The molecule has 0 saturated heterocycles. The van der Waals surface area contributed by atoms with Gasteiger partial charge < -0.3 is 9.80 Å². The van der Waals surface area contributed by atoms with Crippen LogP contribution in [-0.2, 0) is 13.0 Å². The van der Waals surface area contributed by atoms with Gasteiger partial charge in [-0.2, -0.15) is 0 Å². The van der Waals surface area contributed by atoms with E-state index in [0.29, 0.717) is 0 Å². The highest BCUT2D eigenvalue weighted by Gasteiger charge is 2.18. The largest absolute Gasteiger partial charge is 0.367 e. The zero-order valence-corrected chi connectivity index (χ0v) is 12.5. The molecule has 21 heavy (non-hydrogen) atoms. The first-order valence-electron chi connectivity index (χ1n) is 7.28. The summed E-state index contributed by atoms with van der Waals surface area (Å²) in [6.07, 6.45) is 1.12. The number of carbonyl (C=O) groups is 1. The van der Waals surface area contributed by atoms with Crippen LogP contribution in [-0.4, -0.2) is 31.4 Å². The van der Waals surface area contributed by atoms with E-state index in [1.807, 2.05) is 12.1 Å². The van der Waals surface area contributed by atoms with E-state index in [9.17, 15) is 4.79 Å². The van der Waals surface area contributed by atoms with E-state index in [-0.39, 0.29) is 5.91 Å². The van der Waals surface area contributed by atoms with E-state index < -0.39 is 0 Å². The van der Waals surface area contributed by atoms with Crippen LogP contribution >= 0.6 is 0 Å². The fraction of sp³-hybridized carbons (Fsp3) is 0.278. The third kappa shape index (κ3) is 2.77. The number of carbonyl (C=O) groups excluding carboxylic acids is 1. The topological polar surface area (TPSA) is 23.6 Å². The number of rotatable bonds is 3.